The molecule has 10 fully saturated rings. The van der Waals surface area contributed by atoms with Crippen LogP contribution in [0.1, 0.15) is 71.6 Å². The SMILES string of the molecule is C=C1C[C@@]23CCC4[C@](C)(C(O)OC5OC(CO)C(O)C(OC6OC(CO)C(O)C(O)C6O)C5OC5OC(CO)C(O)C(O)C5O)CCC[C@@]4(C)[C@@H]2CC[C@]1(OC1OC(CO)C(O)C(OC2OC(CO)C(O)C(O)C2O)C1OC1OC(CO)C(O)C(O)C1O)C3. The van der Waals surface area contributed by atoms with Crippen molar-refractivity contribution in [3.63, 3.8) is 0 Å². The lowest BCUT2D eigenvalue weighted by molar-refractivity contribution is -0.409. The Morgan fingerprint density at radius 2 is 0.764 bits per heavy atom. The van der Waals surface area contributed by atoms with Crippen LogP contribution < -0.4 is 0 Å². The first-order valence-corrected chi connectivity index (χ1v) is 30.5. The zero-order valence-corrected chi connectivity index (χ0v) is 49.2. The summed E-state index contributed by atoms with van der Waals surface area (Å²) in [5.41, 5.74) is -2.92. The molecule has 10 rings (SSSR count). The van der Waals surface area contributed by atoms with Crippen LogP contribution in [-0.4, -0.2) is 343 Å². The molecular weight excluding hydrogens is 1200 g/mol. The zero-order chi connectivity index (χ0) is 64.7. The van der Waals surface area contributed by atoms with Crippen molar-refractivity contribution < 1.29 is 164 Å². The minimum absolute atomic E-state index is 0.113. The van der Waals surface area contributed by atoms with E-state index in [0.717, 1.165) is 0 Å². The fourth-order valence-electron chi connectivity index (χ4n) is 16.6. The quantitative estimate of drug-likeness (QED) is 0.0324. The van der Waals surface area contributed by atoms with Crippen molar-refractivity contribution in [3.8, 4) is 0 Å². The van der Waals surface area contributed by atoms with Crippen LogP contribution in [0.4, 0.5) is 0 Å². The highest BCUT2D eigenvalue weighted by Gasteiger charge is 2.70. The summed E-state index contributed by atoms with van der Waals surface area (Å²) in [6, 6.07) is 0. The van der Waals surface area contributed by atoms with Gasteiger partial charge in [-0.05, 0) is 79.6 Å². The summed E-state index contributed by atoms with van der Waals surface area (Å²) in [4.78, 5) is 0. The van der Waals surface area contributed by atoms with Crippen LogP contribution >= 0.6 is 0 Å². The zero-order valence-electron chi connectivity index (χ0n) is 49.2. The maximum atomic E-state index is 12.7. The molecule has 6 saturated heterocycles. The molecule has 33 nitrogen and oxygen atoms in total. The number of aliphatic hydroxyl groups excluding tert-OH is 21. The molecule has 21 N–H and O–H groups in total. The normalized spacial score (nSPS) is 54.9. The average molecular weight is 1290 g/mol. The highest BCUT2D eigenvalue weighted by atomic mass is 16.8. The number of rotatable bonds is 19. The molecule has 0 aromatic heterocycles. The van der Waals surface area contributed by atoms with Crippen LogP contribution in [0, 0.1) is 28.1 Å². The monoisotopic (exact) mass is 1290 g/mol. The number of hydrogen-bond acceptors (Lipinski definition) is 33. The molecule has 33 heteroatoms. The first-order chi connectivity index (χ1) is 42.1. The highest BCUT2D eigenvalue weighted by Crippen LogP contribution is 2.74. The molecule has 6 heterocycles. The Hall–Kier alpha value is -1.58. The van der Waals surface area contributed by atoms with E-state index in [-0.39, 0.29) is 18.3 Å². The smallest absolute Gasteiger partial charge is 0.190 e. The summed E-state index contributed by atoms with van der Waals surface area (Å²) < 4.78 is 73.3. The van der Waals surface area contributed by atoms with E-state index in [0.29, 0.717) is 56.9 Å². The molecule has 4 saturated carbocycles. The van der Waals surface area contributed by atoms with Gasteiger partial charge in [0.25, 0.3) is 0 Å². The number of fused-ring (bicyclic) bond motifs is 3. The molecule has 0 radical (unpaired) electrons. The Bertz CT molecular complexity index is 2350. The van der Waals surface area contributed by atoms with Gasteiger partial charge in [-0.15, -0.1) is 0 Å². The van der Waals surface area contributed by atoms with Crippen LogP contribution in [0.2, 0.25) is 0 Å². The fraction of sp³-hybridized carbons (Fsp3) is 0.964. The van der Waals surface area contributed by atoms with Gasteiger partial charge in [0.15, 0.2) is 44.0 Å². The van der Waals surface area contributed by atoms with E-state index >= 15 is 0 Å². The van der Waals surface area contributed by atoms with E-state index in [1.165, 1.54) is 0 Å². The molecule has 37 atom stereocenters. The van der Waals surface area contributed by atoms with Crippen molar-refractivity contribution in [2.75, 3.05) is 39.6 Å². The second-order valence-corrected chi connectivity index (χ2v) is 26.6. The Morgan fingerprint density at radius 3 is 1.17 bits per heavy atom. The van der Waals surface area contributed by atoms with E-state index in [4.69, 9.17) is 56.8 Å². The molecule has 89 heavy (non-hydrogen) atoms. The van der Waals surface area contributed by atoms with E-state index < -0.39 is 252 Å². The summed E-state index contributed by atoms with van der Waals surface area (Å²) in [5, 5.41) is 228. The predicted molar refractivity (Wildman–Crippen MR) is 285 cm³/mol. The second kappa shape index (κ2) is 27.5. The molecule has 0 aromatic rings. The van der Waals surface area contributed by atoms with Crippen LogP contribution in [-0.2, 0) is 56.8 Å². The van der Waals surface area contributed by atoms with Crippen molar-refractivity contribution in [3.05, 3.63) is 12.2 Å². The highest BCUT2D eigenvalue weighted by molar-refractivity contribution is 5.30. The lowest BCUT2D eigenvalue weighted by Gasteiger charge is -2.65. The van der Waals surface area contributed by atoms with Crippen molar-refractivity contribution >= 4 is 0 Å². The maximum Gasteiger partial charge on any atom is 0.190 e. The Labute approximate surface area is 510 Å². The summed E-state index contributed by atoms with van der Waals surface area (Å²) in [6.45, 7) is 3.26. The summed E-state index contributed by atoms with van der Waals surface area (Å²) >= 11 is 0. The van der Waals surface area contributed by atoms with Crippen molar-refractivity contribution in [1.29, 1.82) is 0 Å². The molecule has 0 amide bonds. The molecule has 6 aliphatic heterocycles. The van der Waals surface area contributed by atoms with Crippen molar-refractivity contribution in [2.24, 2.45) is 28.1 Å². The molecule has 10 aliphatic rings. The van der Waals surface area contributed by atoms with Gasteiger partial charge in [0.1, 0.15) is 146 Å². The fourth-order valence-corrected chi connectivity index (χ4v) is 16.6. The summed E-state index contributed by atoms with van der Waals surface area (Å²) in [7, 11) is 0. The topological polar surface area (TPSA) is 536 Å². The minimum atomic E-state index is -2.06. The van der Waals surface area contributed by atoms with E-state index in [1.807, 2.05) is 6.92 Å². The first-order valence-electron chi connectivity index (χ1n) is 30.5. The van der Waals surface area contributed by atoms with Gasteiger partial charge < -0.3 is 164 Å². The minimum Gasteiger partial charge on any atom is -0.394 e. The van der Waals surface area contributed by atoms with Crippen molar-refractivity contribution in [1.82, 2.24) is 0 Å². The van der Waals surface area contributed by atoms with Gasteiger partial charge in [-0.2, -0.15) is 0 Å². The second-order valence-electron chi connectivity index (χ2n) is 26.6. The van der Waals surface area contributed by atoms with Gasteiger partial charge in [-0.3, -0.25) is 0 Å². The third-order valence-corrected chi connectivity index (χ3v) is 21.5. The average Bonchev–Trinajstić information content (AvgIpc) is 1.62. The molecule has 2 bridgehead atoms. The van der Waals surface area contributed by atoms with Gasteiger partial charge in [0, 0.05) is 5.41 Å². The third-order valence-electron chi connectivity index (χ3n) is 21.5. The Morgan fingerprint density at radius 1 is 0.416 bits per heavy atom. The van der Waals surface area contributed by atoms with Gasteiger partial charge in [-0.1, -0.05) is 26.8 Å². The molecule has 32 unspecified atom stereocenters. The summed E-state index contributed by atoms with van der Waals surface area (Å²) in [6.07, 6.45) is -52.7. The van der Waals surface area contributed by atoms with Gasteiger partial charge in [0.05, 0.1) is 45.2 Å². The molecule has 4 aliphatic carbocycles. The number of hydrogen-bond donors (Lipinski definition) is 21. The molecular formula is C56H92O33. The standard InChI is InChI=1S/C56H92O33/c1-19-11-55-9-5-26-53(2,7-4-8-54(26,3)52(77)88-50-44(86-48-40(75)36(71)30(65)22(14-59)80-48)42(32(67)24(16-61)82-50)84-46-38(73)34(69)28(63)20(12-57)78-46)27(55)6-10-56(19,18-55)89-51-45(87-49-41(76)37(72)31(66)23(15-60)81-49)43(33(68)25(17-62)83-51)85-47-39(74)35(70)29(64)21(13-58)79-47/h20-52,57-77H,1,4-18H2,2-3H3/t20?,21?,22?,23?,24?,25?,26?,27-,28?,29?,30?,31?,32?,33?,34?,35?,36?,37?,38?,39?,40?,41?,42?,43?,44?,45?,46?,47?,48?,49?,50?,51?,52?,53+,54+,55+,56-/m0/s1. The largest absolute Gasteiger partial charge is 0.394 e. The van der Waals surface area contributed by atoms with Crippen molar-refractivity contribution in [2.45, 2.75) is 268 Å². The number of aliphatic hydroxyl groups is 21. The van der Waals surface area contributed by atoms with Gasteiger partial charge >= 0.3 is 0 Å². The van der Waals surface area contributed by atoms with Crippen LogP contribution in [0.5, 0.6) is 0 Å². The molecule has 1 spiro atoms. The summed E-state index contributed by atoms with van der Waals surface area (Å²) in [5.74, 6) is -0.451. The van der Waals surface area contributed by atoms with Gasteiger partial charge in [-0.25, -0.2) is 0 Å². The lowest BCUT2D eigenvalue weighted by Crippen LogP contribution is -2.68. The Balaban J connectivity index is 0.920. The van der Waals surface area contributed by atoms with Gasteiger partial charge in [0.2, 0.25) is 0 Å². The van der Waals surface area contributed by atoms with Crippen LogP contribution in [0.15, 0.2) is 12.2 Å². The van der Waals surface area contributed by atoms with Crippen LogP contribution in [0.25, 0.3) is 0 Å². The van der Waals surface area contributed by atoms with Crippen LogP contribution in [0.3, 0.4) is 0 Å². The van der Waals surface area contributed by atoms with E-state index in [1.54, 1.807) is 0 Å². The first kappa shape index (κ1) is 70.2. The maximum absolute atomic E-state index is 12.7. The molecule has 514 valence electrons. The van der Waals surface area contributed by atoms with E-state index in [9.17, 15) is 107 Å². The third kappa shape index (κ3) is 12.4. The predicted octanol–water partition coefficient (Wildman–Crippen LogP) is -9.67. The Kier molecular flexibility index (Phi) is 21.7. The lowest BCUT2D eigenvalue weighted by atomic mass is 9.40. The number of ether oxygens (including phenoxy) is 12. The van der Waals surface area contributed by atoms with E-state index in [2.05, 4.69) is 13.5 Å². The molecule has 0 aromatic carbocycles.